The van der Waals surface area contributed by atoms with Crippen molar-refractivity contribution in [2.75, 3.05) is 25.0 Å². The number of amides is 2. The molecule has 0 spiro atoms. The first kappa shape index (κ1) is 21.8. The second kappa shape index (κ2) is 10.3. The van der Waals surface area contributed by atoms with Crippen LogP contribution in [0.4, 0.5) is 5.69 Å². The number of nitrogens with one attached hydrogen (secondary N) is 1. The van der Waals surface area contributed by atoms with Crippen LogP contribution in [0.25, 0.3) is 0 Å². The quantitative estimate of drug-likeness (QED) is 0.687. The molecule has 0 aromatic heterocycles. The van der Waals surface area contributed by atoms with Gasteiger partial charge in [0.2, 0.25) is 11.8 Å². The smallest absolute Gasteiger partial charge is 0.239 e. The number of aromatic hydroxyl groups is 1. The van der Waals surface area contributed by atoms with Gasteiger partial charge in [-0.25, -0.2) is 0 Å². The number of carbonyl (C=O) groups is 2. The van der Waals surface area contributed by atoms with Gasteiger partial charge in [-0.05, 0) is 57.5 Å². The van der Waals surface area contributed by atoms with Gasteiger partial charge in [-0.3, -0.25) is 14.5 Å². The maximum atomic E-state index is 13.0. The van der Waals surface area contributed by atoms with E-state index in [2.05, 4.69) is 10.2 Å². The summed E-state index contributed by atoms with van der Waals surface area (Å²) in [4.78, 5) is 29.7. The fourth-order valence-electron chi connectivity index (χ4n) is 3.93. The van der Waals surface area contributed by atoms with Gasteiger partial charge >= 0.3 is 0 Å². The summed E-state index contributed by atoms with van der Waals surface area (Å²) in [6, 6.07) is 16.6. The number of hydrogen-bond donors (Lipinski definition) is 2. The summed E-state index contributed by atoms with van der Waals surface area (Å²) in [6.07, 6.45) is 1.39. The average molecular weight is 410 g/mol. The molecule has 0 radical (unpaired) electrons. The molecule has 1 fully saturated rings. The van der Waals surface area contributed by atoms with Crippen molar-refractivity contribution in [3.05, 3.63) is 60.2 Å². The van der Waals surface area contributed by atoms with Crippen LogP contribution in [-0.2, 0) is 16.1 Å². The maximum absolute atomic E-state index is 13.0. The van der Waals surface area contributed by atoms with Crippen molar-refractivity contribution in [3.63, 3.8) is 0 Å². The van der Waals surface area contributed by atoms with Gasteiger partial charge in [0.1, 0.15) is 5.75 Å². The first-order valence-electron chi connectivity index (χ1n) is 10.6. The van der Waals surface area contributed by atoms with E-state index in [4.69, 9.17) is 0 Å². The van der Waals surface area contributed by atoms with Crippen molar-refractivity contribution < 1.29 is 14.7 Å². The zero-order valence-corrected chi connectivity index (χ0v) is 17.8. The lowest BCUT2D eigenvalue weighted by molar-refractivity contribution is -0.137. The normalized spacial score (nSPS) is 16.1. The zero-order chi connectivity index (χ0) is 21.5. The van der Waals surface area contributed by atoms with E-state index in [9.17, 15) is 14.7 Å². The fraction of sp³-hybridized carbons (Fsp3) is 0.417. The number of carbonyl (C=O) groups excluding carboxylic acids is 2. The highest BCUT2D eigenvalue weighted by atomic mass is 16.3. The third-order valence-electron chi connectivity index (χ3n) is 5.88. The Balaban J connectivity index is 1.52. The number of anilines is 1. The van der Waals surface area contributed by atoms with E-state index in [1.165, 1.54) is 0 Å². The largest absolute Gasteiger partial charge is 0.506 e. The second-order valence-corrected chi connectivity index (χ2v) is 7.83. The van der Waals surface area contributed by atoms with Gasteiger partial charge in [-0.1, -0.05) is 42.5 Å². The van der Waals surface area contributed by atoms with Crippen LogP contribution in [0.15, 0.2) is 54.6 Å². The van der Waals surface area contributed by atoms with Crippen LogP contribution in [-0.4, -0.2) is 52.4 Å². The van der Waals surface area contributed by atoms with E-state index in [-0.39, 0.29) is 29.5 Å². The Hall–Kier alpha value is -2.86. The second-order valence-electron chi connectivity index (χ2n) is 7.83. The van der Waals surface area contributed by atoms with E-state index in [1.807, 2.05) is 49.1 Å². The molecule has 1 atom stereocenters. The Morgan fingerprint density at radius 3 is 2.37 bits per heavy atom. The van der Waals surface area contributed by atoms with Gasteiger partial charge in [-0.15, -0.1) is 0 Å². The van der Waals surface area contributed by atoms with Gasteiger partial charge < -0.3 is 15.3 Å². The third-order valence-corrected chi connectivity index (χ3v) is 5.88. The van der Waals surface area contributed by atoms with Crippen LogP contribution in [0.3, 0.4) is 0 Å². The summed E-state index contributed by atoms with van der Waals surface area (Å²) in [6.45, 7) is 6.64. The average Bonchev–Trinajstić information content (AvgIpc) is 2.78. The van der Waals surface area contributed by atoms with Gasteiger partial charge in [0.05, 0.1) is 11.7 Å². The predicted molar refractivity (Wildman–Crippen MR) is 118 cm³/mol. The molecule has 0 aliphatic carbocycles. The molecule has 1 heterocycles. The number of hydrogen-bond acceptors (Lipinski definition) is 4. The Morgan fingerprint density at radius 2 is 1.73 bits per heavy atom. The lowest BCUT2D eigenvalue weighted by Gasteiger charge is -2.37. The summed E-state index contributed by atoms with van der Waals surface area (Å²) in [7, 11) is 0. The van der Waals surface area contributed by atoms with E-state index >= 15 is 0 Å². The van der Waals surface area contributed by atoms with Crippen molar-refractivity contribution in [1.29, 1.82) is 0 Å². The number of phenolic OH excluding ortho intramolecular Hbond substituents is 1. The Labute approximate surface area is 178 Å². The minimum atomic E-state index is -0.212. The van der Waals surface area contributed by atoms with Crippen LogP contribution >= 0.6 is 0 Å². The van der Waals surface area contributed by atoms with Crippen molar-refractivity contribution in [2.45, 2.75) is 39.3 Å². The number of likely N-dealkylation sites (N-methyl/N-ethyl adjacent to an activating group) is 1. The number of nitrogens with zero attached hydrogens (tertiary/aromatic N) is 2. The van der Waals surface area contributed by atoms with Crippen molar-refractivity contribution in [2.24, 2.45) is 5.92 Å². The molecule has 1 aliphatic rings. The molecule has 6 heteroatoms. The van der Waals surface area contributed by atoms with Crippen molar-refractivity contribution in [3.8, 4) is 5.75 Å². The molecule has 2 aromatic carbocycles. The first-order valence-corrected chi connectivity index (χ1v) is 10.6. The molecule has 0 unspecified atom stereocenters. The Bertz CT molecular complexity index is 848. The molecule has 6 nitrogen and oxygen atoms in total. The highest BCUT2D eigenvalue weighted by molar-refractivity contribution is 5.94. The number of benzene rings is 2. The van der Waals surface area contributed by atoms with Gasteiger partial charge in [0.15, 0.2) is 0 Å². The van der Waals surface area contributed by atoms with Gasteiger partial charge in [-0.2, -0.15) is 0 Å². The van der Waals surface area contributed by atoms with E-state index in [0.29, 0.717) is 44.7 Å². The zero-order valence-electron chi connectivity index (χ0n) is 17.8. The topological polar surface area (TPSA) is 72.9 Å². The lowest BCUT2D eigenvalue weighted by atomic mass is 9.94. The lowest BCUT2D eigenvalue weighted by Crippen LogP contribution is -2.50. The van der Waals surface area contributed by atoms with Crippen LogP contribution in [0.2, 0.25) is 0 Å². The van der Waals surface area contributed by atoms with Crippen LogP contribution < -0.4 is 5.32 Å². The molecule has 2 aromatic rings. The minimum absolute atomic E-state index is 0.0700. The molecule has 2 N–H and O–H groups in total. The standard InChI is InChI=1S/C24H31N3O3/c1-3-26(17-19-9-5-4-6-10-19)24(30)18(2)27-15-13-20(14-16-27)23(29)25-21-11-7-8-12-22(21)28/h4-12,18,20,28H,3,13-17H2,1-2H3,(H,25,29)/t18-/m0/s1. The molecular weight excluding hydrogens is 378 g/mol. The molecule has 2 amide bonds. The summed E-state index contributed by atoms with van der Waals surface area (Å²) < 4.78 is 0. The van der Waals surface area contributed by atoms with E-state index < -0.39 is 0 Å². The van der Waals surface area contributed by atoms with Crippen LogP contribution in [0.5, 0.6) is 5.75 Å². The molecule has 3 rings (SSSR count). The first-order chi connectivity index (χ1) is 14.5. The van der Waals surface area contributed by atoms with E-state index in [0.717, 1.165) is 5.56 Å². The number of piperidine rings is 1. The molecule has 0 saturated carbocycles. The Morgan fingerprint density at radius 1 is 1.10 bits per heavy atom. The summed E-state index contributed by atoms with van der Waals surface area (Å²) >= 11 is 0. The predicted octanol–water partition coefficient (Wildman–Crippen LogP) is 3.48. The fourth-order valence-corrected chi connectivity index (χ4v) is 3.93. The summed E-state index contributed by atoms with van der Waals surface area (Å²) in [5.41, 5.74) is 1.56. The minimum Gasteiger partial charge on any atom is -0.506 e. The SMILES string of the molecule is CCN(Cc1ccccc1)C(=O)[C@H](C)N1CCC(C(=O)Nc2ccccc2O)CC1. The third kappa shape index (κ3) is 5.39. The van der Waals surface area contributed by atoms with Crippen molar-refractivity contribution in [1.82, 2.24) is 9.80 Å². The van der Waals surface area contributed by atoms with E-state index in [1.54, 1.807) is 24.3 Å². The number of phenols is 1. The molecule has 30 heavy (non-hydrogen) atoms. The van der Waals surface area contributed by atoms with Crippen LogP contribution in [0.1, 0.15) is 32.3 Å². The molecule has 1 aliphatic heterocycles. The molecular formula is C24H31N3O3. The molecule has 0 bridgehead atoms. The maximum Gasteiger partial charge on any atom is 0.239 e. The molecule has 1 saturated heterocycles. The number of para-hydroxylation sites is 2. The highest BCUT2D eigenvalue weighted by Gasteiger charge is 2.31. The summed E-state index contributed by atoms with van der Waals surface area (Å²) in [5.74, 6) is 0.00295. The molecule has 160 valence electrons. The van der Waals surface area contributed by atoms with Gasteiger partial charge in [0, 0.05) is 19.0 Å². The summed E-state index contributed by atoms with van der Waals surface area (Å²) in [5, 5.41) is 12.7. The Kier molecular flexibility index (Phi) is 7.46. The van der Waals surface area contributed by atoms with Crippen LogP contribution in [0, 0.1) is 5.92 Å². The number of rotatable bonds is 7. The van der Waals surface area contributed by atoms with Gasteiger partial charge in [0.25, 0.3) is 0 Å². The highest BCUT2D eigenvalue weighted by Crippen LogP contribution is 2.25. The van der Waals surface area contributed by atoms with Crippen molar-refractivity contribution >= 4 is 17.5 Å². The monoisotopic (exact) mass is 409 g/mol. The number of likely N-dealkylation sites (tertiary alicyclic amines) is 1.